The summed E-state index contributed by atoms with van der Waals surface area (Å²) in [6.45, 7) is 4.44. The number of hydrogen-bond acceptors (Lipinski definition) is 6. The van der Waals surface area contributed by atoms with Crippen molar-refractivity contribution in [3.63, 3.8) is 0 Å². The zero-order valence-electron chi connectivity index (χ0n) is 19.4. The van der Waals surface area contributed by atoms with Gasteiger partial charge in [0.2, 0.25) is 10.0 Å². The Hall–Kier alpha value is -2.56. The van der Waals surface area contributed by atoms with Crippen LogP contribution in [-0.4, -0.2) is 70.6 Å². The molecular formula is C23H30N6O3S. The zero-order valence-corrected chi connectivity index (χ0v) is 20.2. The van der Waals surface area contributed by atoms with Gasteiger partial charge in [0.15, 0.2) is 5.52 Å². The maximum Gasteiger partial charge on any atom is 0.277 e. The molecule has 9 nitrogen and oxygen atoms in total. The van der Waals surface area contributed by atoms with Crippen molar-refractivity contribution in [3.8, 4) is 11.4 Å². The van der Waals surface area contributed by atoms with Crippen molar-refractivity contribution in [3.05, 3.63) is 39.3 Å². The average molecular weight is 471 g/mol. The summed E-state index contributed by atoms with van der Waals surface area (Å²) in [6, 6.07) is 3.53. The molecule has 3 heterocycles. The van der Waals surface area contributed by atoms with Gasteiger partial charge >= 0.3 is 0 Å². The fraction of sp³-hybridized carbons (Fsp3) is 0.522. The third kappa shape index (κ3) is 3.79. The van der Waals surface area contributed by atoms with Crippen LogP contribution in [0.25, 0.3) is 22.4 Å². The average Bonchev–Trinajstić information content (AvgIpc) is 3.38. The number of aryl methyl sites for hydroxylation is 3. The normalized spacial score (nSPS) is 17.7. The largest absolute Gasteiger partial charge is 0.305 e. The van der Waals surface area contributed by atoms with Gasteiger partial charge in [0.25, 0.3) is 5.56 Å². The lowest BCUT2D eigenvalue weighted by Crippen LogP contribution is -2.47. The highest BCUT2D eigenvalue weighted by molar-refractivity contribution is 7.89. The minimum atomic E-state index is -3.63. The van der Waals surface area contributed by atoms with Crippen LogP contribution in [0.4, 0.5) is 0 Å². The van der Waals surface area contributed by atoms with E-state index in [1.165, 1.54) is 0 Å². The second kappa shape index (κ2) is 8.34. The van der Waals surface area contributed by atoms with E-state index in [9.17, 15) is 13.2 Å². The van der Waals surface area contributed by atoms with Crippen LogP contribution in [0.3, 0.4) is 0 Å². The molecular weight excluding hydrogens is 440 g/mol. The van der Waals surface area contributed by atoms with Crippen molar-refractivity contribution >= 4 is 21.1 Å². The Balaban J connectivity index is 1.66. The van der Waals surface area contributed by atoms with Gasteiger partial charge in [-0.3, -0.25) is 9.48 Å². The summed E-state index contributed by atoms with van der Waals surface area (Å²) in [6.07, 6.45) is 4.25. The Kier molecular flexibility index (Phi) is 5.62. The summed E-state index contributed by atoms with van der Waals surface area (Å²) in [5, 5.41) is 4.50. The molecule has 1 fully saturated rings. The zero-order chi connectivity index (χ0) is 23.3. The molecule has 0 unspecified atom stereocenters. The van der Waals surface area contributed by atoms with Gasteiger partial charge in [-0.05, 0) is 56.0 Å². The molecule has 1 aromatic carbocycles. The standard InChI is InChI=1S/C23H30N6O3S/c1-4-6-19-20-21(28(3)26-19)23(30)25-22(24-20)18-14-16(13-15-7-5-8-17(15)18)33(31,32)29-11-9-27(2)10-12-29/h13-14H,4-12H2,1-3H3,(H,24,25,30). The van der Waals surface area contributed by atoms with Crippen molar-refractivity contribution in [2.24, 2.45) is 7.05 Å². The third-order valence-corrected chi connectivity index (χ3v) is 8.67. The molecule has 1 aliphatic carbocycles. The van der Waals surface area contributed by atoms with Gasteiger partial charge in [0, 0.05) is 38.8 Å². The Bertz CT molecular complexity index is 1380. The van der Waals surface area contributed by atoms with Gasteiger partial charge in [-0.15, -0.1) is 0 Å². The van der Waals surface area contributed by atoms with Gasteiger partial charge in [0.1, 0.15) is 11.3 Å². The van der Waals surface area contributed by atoms with Crippen LogP contribution in [0.15, 0.2) is 21.8 Å². The number of aromatic nitrogens is 4. The van der Waals surface area contributed by atoms with E-state index in [0.717, 1.165) is 48.9 Å². The highest BCUT2D eigenvalue weighted by Crippen LogP contribution is 2.35. The number of rotatable bonds is 5. The van der Waals surface area contributed by atoms with Crippen LogP contribution < -0.4 is 5.56 Å². The van der Waals surface area contributed by atoms with Crippen LogP contribution in [-0.2, 0) is 36.3 Å². The number of aromatic amines is 1. The van der Waals surface area contributed by atoms with Crippen LogP contribution in [0.2, 0.25) is 0 Å². The van der Waals surface area contributed by atoms with Crippen LogP contribution in [0.5, 0.6) is 0 Å². The number of nitrogens with zero attached hydrogens (tertiary/aromatic N) is 5. The number of nitrogens with one attached hydrogen (secondary N) is 1. The van der Waals surface area contributed by atoms with Crippen molar-refractivity contribution in [2.45, 2.75) is 43.9 Å². The van der Waals surface area contributed by atoms with E-state index in [1.54, 1.807) is 22.1 Å². The highest BCUT2D eigenvalue weighted by atomic mass is 32.2. The summed E-state index contributed by atoms with van der Waals surface area (Å²) in [7, 11) is 0.117. The minimum absolute atomic E-state index is 0.258. The van der Waals surface area contributed by atoms with Gasteiger partial charge in [-0.2, -0.15) is 9.40 Å². The summed E-state index contributed by atoms with van der Waals surface area (Å²) >= 11 is 0. The molecule has 0 saturated carbocycles. The van der Waals surface area contributed by atoms with Crippen molar-refractivity contribution in [2.75, 3.05) is 33.2 Å². The third-order valence-electron chi connectivity index (χ3n) is 6.79. The quantitative estimate of drug-likeness (QED) is 0.609. The Labute approximate surface area is 193 Å². The molecule has 0 amide bonds. The topological polar surface area (TPSA) is 104 Å². The minimum Gasteiger partial charge on any atom is -0.305 e. The van der Waals surface area contributed by atoms with E-state index in [1.807, 2.05) is 13.1 Å². The monoisotopic (exact) mass is 470 g/mol. The summed E-state index contributed by atoms with van der Waals surface area (Å²) in [5.41, 5.74) is 4.39. The van der Waals surface area contributed by atoms with E-state index in [0.29, 0.717) is 48.6 Å². The molecule has 176 valence electrons. The number of piperazine rings is 1. The number of fused-ring (bicyclic) bond motifs is 2. The number of benzene rings is 1. The SMILES string of the molecule is CCCc1nn(C)c2c(=O)[nH]c(-c3cc(S(=O)(=O)N4CCN(C)CC4)cc4c3CCC4)nc12. The number of H-pyrrole nitrogens is 1. The smallest absolute Gasteiger partial charge is 0.277 e. The molecule has 10 heteroatoms. The number of likely N-dealkylation sites (N-methyl/N-ethyl adjacent to an activating group) is 1. The molecule has 1 saturated heterocycles. The van der Waals surface area contributed by atoms with E-state index < -0.39 is 10.0 Å². The lowest BCUT2D eigenvalue weighted by atomic mass is 10.0. The molecule has 2 aromatic heterocycles. The van der Waals surface area contributed by atoms with Gasteiger partial charge in [-0.1, -0.05) is 13.3 Å². The van der Waals surface area contributed by atoms with Crippen molar-refractivity contribution in [1.82, 2.24) is 29.0 Å². The lowest BCUT2D eigenvalue weighted by Gasteiger charge is -2.31. The first-order chi connectivity index (χ1) is 15.8. The van der Waals surface area contributed by atoms with Crippen LogP contribution in [0.1, 0.15) is 36.6 Å². The fourth-order valence-electron chi connectivity index (χ4n) is 4.99. The number of hydrogen-bond donors (Lipinski definition) is 1. The van der Waals surface area contributed by atoms with Gasteiger partial charge < -0.3 is 9.88 Å². The summed E-state index contributed by atoms with van der Waals surface area (Å²) in [4.78, 5) is 23.1. The Morgan fingerprint density at radius 2 is 1.85 bits per heavy atom. The Morgan fingerprint density at radius 3 is 2.58 bits per heavy atom. The molecule has 2 aliphatic rings. The van der Waals surface area contributed by atoms with E-state index >= 15 is 0 Å². The van der Waals surface area contributed by atoms with Crippen molar-refractivity contribution in [1.29, 1.82) is 0 Å². The molecule has 5 rings (SSSR count). The predicted molar refractivity (Wildman–Crippen MR) is 127 cm³/mol. The molecule has 33 heavy (non-hydrogen) atoms. The second-order valence-corrected chi connectivity index (χ2v) is 11.0. The van der Waals surface area contributed by atoms with E-state index in [2.05, 4.69) is 21.9 Å². The molecule has 3 aromatic rings. The van der Waals surface area contributed by atoms with Gasteiger partial charge in [0.05, 0.1) is 10.6 Å². The maximum atomic E-state index is 13.5. The summed E-state index contributed by atoms with van der Waals surface area (Å²) < 4.78 is 30.1. The molecule has 0 bridgehead atoms. The molecule has 0 atom stereocenters. The highest BCUT2D eigenvalue weighted by Gasteiger charge is 2.30. The first-order valence-corrected chi connectivity index (χ1v) is 13.0. The molecule has 0 radical (unpaired) electrons. The van der Waals surface area contributed by atoms with E-state index in [4.69, 9.17) is 4.98 Å². The number of sulfonamides is 1. The maximum absolute atomic E-state index is 13.5. The summed E-state index contributed by atoms with van der Waals surface area (Å²) in [5.74, 6) is 0.423. The lowest BCUT2D eigenvalue weighted by molar-refractivity contribution is 0.222. The first kappa shape index (κ1) is 22.2. The molecule has 0 spiro atoms. The van der Waals surface area contributed by atoms with E-state index in [-0.39, 0.29) is 10.5 Å². The van der Waals surface area contributed by atoms with Gasteiger partial charge in [-0.25, -0.2) is 13.4 Å². The first-order valence-electron chi connectivity index (χ1n) is 11.6. The fourth-order valence-corrected chi connectivity index (χ4v) is 6.49. The molecule has 1 aliphatic heterocycles. The Morgan fingerprint density at radius 1 is 1.09 bits per heavy atom. The van der Waals surface area contributed by atoms with Crippen molar-refractivity contribution < 1.29 is 8.42 Å². The van der Waals surface area contributed by atoms with Crippen LogP contribution in [0, 0.1) is 0 Å². The molecule has 1 N–H and O–H groups in total. The van der Waals surface area contributed by atoms with Crippen LogP contribution >= 0.6 is 0 Å². The predicted octanol–water partition coefficient (Wildman–Crippen LogP) is 1.70. The second-order valence-electron chi connectivity index (χ2n) is 9.10.